The lowest BCUT2D eigenvalue weighted by Crippen LogP contribution is -2.32. The van der Waals surface area contributed by atoms with E-state index in [0.29, 0.717) is 13.0 Å². The van der Waals surface area contributed by atoms with Crippen LogP contribution in [-0.2, 0) is 18.3 Å². The summed E-state index contributed by atoms with van der Waals surface area (Å²) < 4.78 is 7.96. The first-order valence-electron chi connectivity index (χ1n) is 9.32. The smallest absolute Gasteiger partial charge is 0.228 e. The number of hydrogen-bond donors (Lipinski definition) is 0. The second kappa shape index (κ2) is 7.35. The fraction of sp³-hybridized carbons (Fsp3) is 0.526. The first-order chi connectivity index (χ1) is 12.7. The van der Waals surface area contributed by atoms with E-state index in [0.717, 1.165) is 43.3 Å². The molecule has 0 spiro atoms. The Bertz CT molecular complexity index is 769. The number of amides is 1. The predicted octanol–water partition coefficient (Wildman–Crippen LogP) is 1.64. The Morgan fingerprint density at radius 2 is 2.12 bits per heavy atom. The summed E-state index contributed by atoms with van der Waals surface area (Å²) in [4.78, 5) is 21.2. The third-order valence-electron chi connectivity index (χ3n) is 5.05. The van der Waals surface area contributed by atoms with Gasteiger partial charge in [-0.2, -0.15) is 5.10 Å². The summed E-state index contributed by atoms with van der Waals surface area (Å²) >= 11 is 0. The molecule has 1 amide bonds. The monoisotopic (exact) mass is 355 g/mol. The number of anilines is 1. The van der Waals surface area contributed by atoms with Crippen molar-refractivity contribution in [3.63, 3.8) is 0 Å². The van der Waals surface area contributed by atoms with E-state index in [9.17, 15) is 4.79 Å². The van der Waals surface area contributed by atoms with Crippen LogP contribution in [0.4, 0.5) is 5.82 Å². The second-order valence-corrected chi connectivity index (χ2v) is 7.05. The summed E-state index contributed by atoms with van der Waals surface area (Å²) in [5, 5.41) is 4.29. The Morgan fingerprint density at radius 1 is 1.27 bits per heavy atom. The van der Waals surface area contributed by atoms with Gasteiger partial charge in [0.05, 0.1) is 18.7 Å². The van der Waals surface area contributed by atoms with Crippen molar-refractivity contribution < 1.29 is 9.53 Å². The van der Waals surface area contributed by atoms with Crippen LogP contribution in [0.5, 0.6) is 5.75 Å². The van der Waals surface area contributed by atoms with Crippen LogP contribution in [0.2, 0.25) is 0 Å². The summed E-state index contributed by atoms with van der Waals surface area (Å²) in [7, 11) is 1.86. The lowest BCUT2D eigenvalue weighted by molar-refractivity contribution is -0.129. The van der Waals surface area contributed by atoms with E-state index >= 15 is 0 Å². The largest absolute Gasteiger partial charge is 0.485 e. The molecule has 1 unspecified atom stereocenters. The molecule has 4 heterocycles. The minimum Gasteiger partial charge on any atom is -0.485 e. The van der Waals surface area contributed by atoms with Crippen molar-refractivity contribution in [1.29, 1.82) is 0 Å². The van der Waals surface area contributed by atoms with Gasteiger partial charge in [0.25, 0.3) is 0 Å². The van der Waals surface area contributed by atoms with Crippen LogP contribution in [0, 0.1) is 0 Å². The van der Waals surface area contributed by atoms with Crippen LogP contribution >= 0.6 is 0 Å². The molecule has 0 saturated carbocycles. The molecule has 0 radical (unpaired) electrons. The number of nitrogens with zero attached hydrogens (tertiary/aromatic N) is 5. The van der Waals surface area contributed by atoms with Crippen molar-refractivity contribution in [3.8, 4) is 5.75 Å². The van der Waals surface area contributed by atoms with Crippen LogP contribution in [0.15, 0.2) is 30.6 Å². The van der Waals surface area contributed by atoms with Gasteiger partial charge in [-0.05, 0) is 31.0 Å². The maximum atomic E-state index is 12.5. The third-order valence-corrected chi connectivity index (χ3v) is 5.05. The van der Waals surface area contributed by atoms with Crippen LogP contribution < -0.4 is 9.64 Å². The number of carbonyl (C=O) groups is 1. The van der Waals surface area contributed by atoms with E-state index in [2.05, 4.69) is 15.0 Å². The lowest BCUT2D eigenvalue weighted by Gasteiger charge is -2.22. The molecule has 2 aromatic rings. The highest BCUT2D eigenvalue weighted by Crippen LogP contribution is 2.30. The number of pyridine rings is 1. The van der Waals surface area contributed by atoms with Gasteiger partial charge in [-0.3, -0.25) is 9.48 Å². The zero-order valence-electron chi connectivity index (χ0n) is 15.2. The van der Waals surface area contributed by atoms with Gasteiger partial charge >= 0.3 is 0 Å². The van der Waals surface area contributed by atoms with E-state index in [1.54, 1.807) is 4.68 Å². The highest BCUT2D eigenvalue weighted by Gasteiger charge is 2.29. The molecule has 2 aliphatic rings. The Balaban J connectivity index is 1.36. The van der Waals surface area contributed by atoms with Crippen molar-refractivity contribution in [2.75, 3.05) is 31.1 Å². The highest BCUT2D eigenvalue weighted by atomic mass is 16.5. The number of carbonyl (C=O) groups excluding carboxylic acids is 1. The molecular formula is C19H25N5O2. The molecule has 7 nitrogen and oxygen atoms in total. The first kappa shape index (κ1) is 16.9. The maximum Gasteiger partial charge on any atom is 0.228 e. The molecule has 2 aliphatic heterocycles. The minimum atomic E-state index is 0.0215. The fourth-order valence-electron chi connectivity index (χ4n) is 3.70. The normalized spacial score (nSPS) is 20.0. The minimum absolute atomic E-state index is 0.0215. The van der Waals surface area contributed by atoms with E-state index in [1.165, 1.54) is 12.8 Å². The van der Waals surface area contributed by atoms with E-state index in [4.69, 9.17) is 4.74 Å². The molecule has 7 heteroatoms. The van der Waals surface area contributed by atoms with Crippen molar-refractivity contribution in [1.82, 2.24) is 19.7 Å². The Labute approximate surface area is 153 Å². The molecule has 0 N–H and O–H groups in total. The topological polar surface area (TPSA) is 63.5 Å². The Hall–Kier alpha value is -2.57. The summed E-state index contributed by atoms with van der Waals surface area (Å²) in [6, 6.07) is 5.78. The van der Waals surface area contributed by atoms with Crippen molar-refractivity contribution in [3.05, 3.63) is 36.3 Å². The van der Waals surface area contributed by atoms with Gasteiger partial charge in [0.2, 0.25) is 5.91 Å². The lowest BCUT2D eigenvalue weighted by atomic mass is 10.3. The Morgan fingerprint density at radius 3 is 2.88 bits per heavy atom. The third kappa shape index (κ3) is 3.66. The predicted molar refractivity (Wildman–Crippen MR) is 98.2 cm³/mol. The number of aromatic nitrogens is 3. The van der Waals surface area contributed by atoms with Crippen LogP contribution in [0.25, 0.3) is 0 Å². The average Bonchev–Trinajstić information content (AvgIpc) is 3.38. The summed E-state index contributed by atoms with van der Waals surface area (Å²) in [6.45, 7) is 3.43. The second-order valence-electron chi connectivity index (χ2n) is 7.05. The fourth-order valence-corrected chi connectivity index (χ4v) is 3.70. The van der Waals surface area contributed by atoms with Crippen LogP contribution in [0.3, 0.4) is 0 Å². The van der Waals surface area contributed by atoms with Gasteiger partial charge in [-0.1, -0.05) is 0 Å². The summed E-state index contributed by atoms with van der Waals surface area (Å²) in [5.74, 6) is 1.88. The SMILES string of the molecule is Cn1ccc(CC(=O)N2CCC(Oc3cccnc3N3CCCC3)C2)n1. The van der Waals surface area contributed by atoms with Gasteiger partial charge in [0.15, 0.2) is 11.6 Å². The maximum absolute atomic E-state index is 12.5. The molecule has 2 fully saturated rings. The van der Waals surface area contributed by atoms with E-state index < -0.39 is 0 Å². The highest BCUT2D eigenvalue weighted by molar-refractivity contribution is 5.78. The van der Waals surface area contributed by atoms with Gasteiger partial charge in [-0.15, -0.1) is 0 Å². The first-order valence-corrected chi connectivity index (χ1v) is 9.32. The summed E-state index contributed by atoms with van der Waals surface area (Å²) in [5.41, 5.74) is 0.811. The quantitative estimate of drug-likeness (QED) is 0.816. The zero-order valence-corrected chi connectivity index (χ0v) is 15.2. The molecule has 2 saturated heterocycles. The molecular weight excluding hydrogens is 330 g/mol. The van der Waals surface area contributed by atoms with Gasteiger partial charge in [-0.25, -0.2) is 4.98 Å². The van der Waals surface area contributed by atoms with Crippen molar-refractivity contribution in [2.45, 2.75) is 31.8 Å². The van der Waals surface area contributed by atoms with Crippen LogP contribution in [0.1, 0.15) is 25.0 Å². The van der Waals surface area contributed by atoms with Crippen molar-refractivity contribution >= 4 is 11.7 Å². The number of rotatable bonds is 5. The Kier molecular flexibility index (Phi) is 4.77. The molecule has 4 rings (SSSR count). The van der Waals surface area contributed by atoms with Gasteiger partial charge < -0.3 is 14.5 Å². The molecule has 0 bridgehead atoms. The van der Waals surface area contributed by atoms with Gasteiger partial charge in [0.1, 0.15) is 6.10 Å². The molecule has 26 heavy (non-hydrogen) atoms. The molecule has 0 aliphatic carbocycles. The van der Waals surface area contributed by atoms with Crippen LogP contribution in [-0.4, -0.2) is 57.9 Å². The number of ether oxygens (including phenoxy) is 1. The number of aryl methyl sites for hydroxylation is 1. The van der Waals surface area contributed by atoms with Crippen molar-refractivity contribution in [2.24, 2.45) is 7.05 Å². The molecule has 2 aromatic heterocycles. The number of likely N-dealkylation sites (tertiary alicyclic amines) is 1. The molecule has 1 atom stereocenters. The standard InChI is InChI=1S/C19H25N5O2/c1-22-11-6-15(21-22)13-18(25)24-12-7-16(14-24)26-17-5-4-8-20-19(17)23-9-2-3-10-23/h4-6,8,11,16H,2-3,7,9-10,12-14H2,1H3. The summed E-state index contributed by atoms with van der Waals surface area (Å²) in [6.07, 6.45) is 7.30. The molecule has 138 valence electrons. The zero-order chi connectivity index (χ0) is 17.9. The average molecular weight is 355 g/mol. The number of hydrogen-bond acceptors (Lipinski definition) is 5. The van der Waals surface area contributed by atoms with Gasteiger partial charge in [0, 0.05) is 45.5 Å². The van der Waals surface area contributed by atoms with E-state index in [-0.39, 0.29) is 12.0 Å². The molecule has 0 aromatic carbocycles. The van der Waals surface area contributed by atoms with E-state index in [1.807, 2.05) is 42.5 Å².